The minimum absolute atomic E-state index is 0.113. The molecule has 0 radical (unpaired) electrons. The van der Waals surface area contributed by atoms with E-state index >= 15 is 0 Å². The zero-order chi connectivity index (χ0) is 21.8. The van der Waals surface area contributed by atoms with Gasteiger partial charge in [0, 0.05) is 21.8 Å². The van der Waals surface area contributed by atoms with E-state index in [-0.39, 0.29) is 29.4 Å². The van der Waals surface area contributed by atoms with Crippen molar-refractivity contribution in [1.29, 1.82) is 0 Å². The van der Waals surface area contributed by atoms with E-state index in [2.05, 4.69) is 10.1 Å². The zero-order valence-electron chi connectivity index (χ0n) is 15.7. The van der Waals surface area contributed by atoms with E-state index < -0.39 is 30.7 Å². The van der Waals surface area contributed by atoms with Gasteiger partial charge in [-0.25, -0.2) is 0 Å². The summed E-state index contributed by atoms with van der Waals surface area (Å²) in [6.45, 7) is -1.29. The number of carbonyl (C=O) groups excluding carboxylic acids is 2. The molecule has 6 nitrogen and oxygen atoms in total. The molecular weight excluding hydrogens is 443 g/mol. The van der Waals surface area contributed by atoms with Crippen LogP contribution in [0.3, 0.4) is 0 Å². The number of benzene rings is 2. The van der Waals surface area contributed by atoms with Gasteiger partial charge < -0.3 is 19.5 Å². The first-order valence-corrected chi connectivity index (χ1v) is 9.70. The Balaban J connectivity index is 2.07. The molecule has 0 bridgehead atoms. The minimum Gasteiger partial charge on any atom is -0.466 e. The number of carbonyl (C=O) groups is 2. The van der Waals surface area contributed by atoms with E-state index in [0.717, 1.165) is 0 Å². The van der Waals surface area contributed by atoms with Crippen molar-refractivity contribution in [2.45, 2.75) is 32.2 Å². The molecule has 2 atom stereocenters. The quantitative estimate of drug-likeness (QED) is 0.616. The van der Waals surface area contributed by atoms with Crippen LogP contribution in [0, 0.1) is 0 Å². The topological polar surface area (TPSA) is 73.9 Å². The molecule has 0 fully saturated rings. The SMILES string of the molecule is CCOC(=O)C[C@H]1O[C@H](c2cccc(OC(F)F)c2Cl)c2cc(Cl)ccc2NC1=O. The van der Waals surface area contributed by atoms with Crippen LogP contribution in [0.2, 0.25) is 10.0 Å². The second-order valence-corrected chi connectivity index (χ2v) is 7.09. The summed E-state index contributed by atoms with van der Waals surface area (Å²) in [4.78, 5) is 24.6. The lowest BCUT2D eigenvalue weighted by atomic mass is 9.99. The van der Waals surface area contributed by atoms with Crippen molar-refractivity contribution in [3.63, 3.8) is 0 Å². The molecule has 10 heteroatoms. The molecule has 1 aliphatic rings. The number of anilines is 1. The average molecular weight is 460 g/mol. The van der Waals surface area contributed by atoms with Crippen molar-refractivity contribution in [1.82, 2.24) is 0 Å². The maximum atomic E-state index is 12.7. The van der Waals surface area contributed by atoms with E-state index in [1.54, 1.807) is 31.2 Å². The smallest absolute Gasteiger partial charge is 0.387 e. The Hall–Kier alpha value is -2.42. The highest BCUT2D eigenvalue weighted by Gasteiger charge is 2.35. The first-order chi connectivity index (χ1) is 14.3. The highest BCUT2D eigenvalue weighted by Crippen LogP contribution is 2.42. The van der Waals surface area contributed by atoms with Gasteiger partial charge in [-0.1, -0.05) is 35.3 Å². The zero-order valence-corrected chi connectivity index (χ0v) is 17.2. The number of hydrogen-bond donors (Lipinski definition) is 1. The molecule has 0 aromatic heterocycles. The number of fused-ring (bicyclic) bond motifs is 1. The van der Waals surface area contributed by atoms with Crippen LogP contribution >= 0.6 is 23.2 Å². The second-order valence-electron chi connectivity index (χ2n) is 6.27. The monoisotopic (exact) mass is 459 g/mol. The van der Waals surface area contributed by atoms with Gasteiger partial charge >= 0.3 is 12.6 Å². The van der Waals surface area contributed by atoms with Crippen molar-refractivity contribution >= 4 is 40.8 Å². The third kappa shape index (κ3) is 5.00. The number of amides is 1. The molecule has 1 heterocycles. The first-order valence-electron chi connectivity index (χ1n) is 8.94. The largest absolute Gasteiger partial charge is 0.466 e. The van der Waals surface area contributed by atoms with Crippen molar-refractivity contribution in [2.75, 3.05) is 11.9 Å². The standard InChI is InChI=1S/C20H17Cl2F2NO5/c1-2-28-16(26)9-15-19(27)25-13-7-6-10(21)8-12(13)18(29-15)11-4-3-5-14(17(11)22)30-20(23)24/h3-8,15,18,20H,2,9H2,1H3,(H,25,27)/t15-,18-/m1/s1. The fourth-order valence-electron chi connectivity index (χ4n) is 3.05. The molecule has 0 spiro atoms. The molecule has 2 aromatic carbocycles. The van der Waals surface area contributed by atoms with E-state index in [1.165, 1.54) is 12.1 Å². The highest BCUT2D eigenvalue weighted by atomic mass is 35.5. The summed E-state index contributed by atoms with van der Waals surface area (Å²) >= 11 is 12.4. The second kappa shape index (κ2) is 9.59. The van der Waals surface area contributed by atoms with Gasteiger partial charge in [0.2, 0.25) is 0 Å². The van der Waals surface area contributed by atoms with Crippen LogP contribution in [0.5, 0.6) is 5.75 Å². The molecule has 1 aliphatic heterocycles. The van der Waals surface area contributed by atoms with Gasteiger partial charge in [0.15, 0.2) is 0 Å². The third-order valence-electron chi connectivity index (χ3n) is 4.30. The summed E-state index contributed by atoms with van der Waals surface area (Å²) < 4.78 is 40.8. The Morgan fingerprint density at radius 3 is 2.70 bits per heavy atom. The van der Waals surface area contributed by atoms with E-state index in [1.807, 2.05) is 0 Å². The fraction of sp³-hybridized carbons (Fsp3) is 0.300. The number of esters is 1. The third-order valence-corrected chi connectivity index (χ3v) is 4.94. The van der Waals surface area contributed by atoms with Crippen LogP contribution in [-0.2, 0) is 19.1 Å². The number of rotatable bonds is 6. The number of hydrogen-bond acceptors (Lipinski definition) is 5. The normalized spacial score (nSPS) is 18.4. The van der Waals surface area contributed by atoms with Crippen LogP contribution in [0.4, 0.5) is 14.5 Å². The summed E-state index contributed by atoms with van der Waals surface area (Å²) in [6, 6.07) is 9.01. The molecule has 0 saturated carbocycles. The lowest BCUT2D eigenvalue weighted by Crippen LogP contribution is -2.32. The molecule has 2 aromatic rings. The van der Waals surface area contributed by atoms with E-state index in [4.69, 9.17) is 32.7 Å². The summed E-state index contributed by atoms with van der Waals surface area (Å²) in [7, 11) is 0. The molecular formula is C20H17Cl2F2NO5. The summed E-state index contributed by atoms with van der Waals surface area (Å²) in [5, 5.41) is 2.93. The predicted octanol–water partition coefficient (Wildman–Crippen LogP) is 4.97. The summed E-state index contributed by atoms with van der Waals surface area (Å²) in [5.41, 5.74) is 1.10. The van der Waals surface area contributed by atoms with Crippen LogP contribution in [0.25, 0.3) is 0 Å². The first kappa shape index (κ1) is 22.3. The maximum absolute atomic E-state index is 12.7. The number of ether oxygens (including phenoxy) is 3. The van der Waals surface area contributed by atoms with Crippen LogP contribution < -0.4 is 10.1 Å². The van der Waals surface area contributed by atoms with Crippen LogP contribution in [-0.4, -0.2) is 31.2 Å². The Morgan fingerprint density at radius 2 is 2.00 bits per heavy atom. The minimum atomic E-state index is -3.07. The molecule has 0 unspecified atom stereocenters. The van der Waals surface area contributed by atoms with Gasteiger partial charge in [0.05, 0.1) is 18.1 Å². The molecule has 1 N–H and O–H groups in total. The Labute approximate surface area is 181 Å². The Morgan fingerprint density at radius 1 is 1.23 bits per heavy atom. The Bertz CT molecular complexity index is 957. The lowest BCUT2D eigenvalue weighted by Gasteiger charge is -2.23. The average Bonchev–Trinajstić information content (AvgIpc) is 2.80. The van der Waals surface area contributed by atoms with Crippen LogP contribution in [0.1, 0.15) is 30.6 Å². The molecule has 0 saturated heterocycles. The van der Waals surface area contributed by atoms with E-state index in [0.29, 0.717) is 16.3 Å². The summed E-state index contributed by atoms with van der Waals surface area (Å²) in [5.74, 6) is -1.44. The number of halogens is 4. The molecule has 1 amide bonds. The lowest BCUT2D eigenvalue weighted by molar-refractivity contribution is -0.150. The molecule has 3 rings (SSSR count). The van der Waals surface area contributed by atoms with Gasteiger partial charge in [-0.2, -0.15) is 8.78 Å². The van der Waals surface area contributed by atoms with Crippen molar-refractivity contribution in [3.8, 4) is 5.75 Å². The van der Waals surface area contributed by atoms with Gasteiger partial charge in [0.1, 0.15) is 18.0 Å². The van der Waals surface area contributed by atoms with Gasteiger partial charge in [0.25, 0.3) is 5.91 Å². The van der Waals surface area contributed by atoms with E-state index in [9.17, 15) is 18.4 Å². The molecule has 160 valence electrons. The summed E-state index contributed by atoms with van der Waals surface area (Å²) in [6.07, 6.45) is -2.55. The van der Waals surface area contributed by atoms with Crippen molar-refractivity contribution < 1.29 is 32.6 Å². The van der Waals surface area contributed by atoms with Crippen LogP contribution in [0.15, 0.2) is 36.4 Å². The van der Waals surface area contributed by atoms with Crippen molar-refractivity contribution in [3.05, 3.63) is 57.6 Å². The fourth-order valence-corrected chi connectivity index (χ4v) is 3.50. The van der Waals surface area contributed by atoms with Gasteiger partial charge in [-0.05, 0) is 31.2 Å². The highest BCUT2D eigenvalue weighted by molar-refractivity contribution is 6.33. The maximum Gasteiger partial charge on any atom is 0.387 e. The number of nitrogens with one attached hydrogen (secondary N) is 1. The number of alkyl halides is 2. The molecule has 0 aliphatic carbocycles. The van der Waals surface area contributed by atoms with Gasteiger partial charge in [-0.3, -0.25) is 9.59 Å². The van der Waals surface area contributed by atoms with Gasteiger partial charge in [-0.15, -0.1) is 0 Å². The Kier molecular flexibility index (Phi) is 7.12. The van der Waals surface area contributed by atoms with Crippen molar-refractivity contribution in [2.24, 2.45) is 0 Å². The molecule has 30 heavy (non-hydrogen) atoms. The predicted molar refractivity (Wildman–Crippen MR) is 106 cm³/mol.